The van der Waals surface area contributed by atoms with Gasteiger partial charge in [-0.25, -0.2) is 0 Å². The monoisotopic (exact) mass is 98.1 g/mol. The van der Waals surface area contributed by atoms with Crippen molar-refractivity contribution >= 4 is 0 Å². The Hall–Kier alpha value is 0. The largest absolute Gasteiger partial charge is 0.0649 e. The third-order valence-electron chi connectivity index (χ3n) is 1.56. The SMILES string of the molecule is C[C]C(C)(C)CC. The average Bonchev–Trinajstić information content (AvgIpc) is 1.68. The van der Waals surface area contributed by atoms with E-state index in [1.54, 1.807) is 0 Å². The van der Waals surface area contributed by atoms with Gasteiger partial charge in [0.05, 0.1) is 0 Å². The van der Waals surface area contributed by atoms with Crippen molar-refractivity contribution in [1.29, 1.82) is 0 Å². The molecule has 0 aliphatic carbocycles. The van der Waals surface area contributed by atoms with Gasteiger partial charge in [0.25, 0.3) is 0 Å². The molecule has 0 fully saturated rings. The van der Waals surface area contributed by atoms with Gasteiger partial charge < -0.3 is 0 Å². The van der Waals surface area contributed by atoms with Crippen LogP contribution >= 0.6 is 0 Å². The van der Waals surface area contributed by atoms with Crippen molar-refractivity contribution in [1.82, 2.24) is 0 Å². The highest BCUT2D eigenvalue weighted by molar-refractivity contribution is 4.78. The molecule has 0 saturated heterocycles. The maximum Gasteiger partial charge on any atom is -0.0146 e. The van der Waals surface area contributed by atoms with Crippen LogP contribution in [0.5, 0.6) is 0 Å². The summed E-state index contributed by atoms with van der Waals surface area (Å²) < 4.78 is 0. The number of hydrogen-bond donors (Lipinski definition) is 0. The molecule has 0 rings (SSSR count). The summed E-state index contributed by atoms with van der Waals surface area (Å²) in [5.74, 6) is 0. The maximum absolute atomic E-state index is 3.19. The van der Waals surface area contributed by atoms with Crippen LogP contribution < -0.4 is 0 Å². The predicted molar refractivity (Wildman–Crippen MR) is 33.0 cm³/mol. The first-order valence-electron chi connectivity index (χ1n) is 2.81. The van der Waals surface area contributed by atoms with Crippen molar-refractivity contribution in [3.63, 3.8) is 0 Å². The first-order chi connectivity index (χ1) is 3.12. The second-order valence-corrected chi connectivity index (χ2v) is 2.49. The lowest BCUT2D eigenvalue weighted by Gasteiger charge is -2.17. The standard InChI is InChI=1S/C7H14/c1-5-7(3,4)6-2/h5H2,1-4H3. The molecule has 0 aromatic heterocycles. The van der Waals surface area contributed by atoms with Crippen molar-refractivity contribution in [2.45, 2.75) is 34.1 Å². The highest BCUT2D eigenvalue weighted by atomic mass is 14.1. The van der Waals surface area contributed by atoms with E-state index in [1.165, 1.54) is 6.42 Å². The Morgan fingerprint density at radius 1 is 1.43 bits per heavy atom. The lowest BCUT2D eigenvalue weighted by molar-refractivity contribution is 0.422. The van der Waals surface area contributed by atoms with Gasteiger partial charge in [-0.1, -0.05) is 34.1 Å². The van der Waals surface area contributed by atoms with Crippen LogP contribution in [0.25, 0.3) is 0 Å². The number of rotatable bonds is 2. The minimum Gasteiger partial charge on any atom is -0.0649 e. The molecule has 2 radical (unpaired) electrons. The second-order valence-electron chi connectivity index (χ2n) is 2.49. The summed E-state index contributed by atoms with van der Waals surface area (Å²) in [6.45, 7) is 8.54. The molecule has 0 bridgehead atoms. The quantitative estimate of drug-likeness (QED) is 0.498. The molecule has 0 heteroatoms. The Bertz CT molecular complexity index is 38.0. The van der Waals surface area contributed by atoms with Crippen molar-refractivity contribution in [2.75, 3.05) is 0 Å². The molecule has 0 heterocycles. The fourth-order valence-corrected chi connectivity index (χ4v) is 0.177. The highest BCUT2D eigenvalue weighted by Crippen LogP contribution is 2.21. The zero-order valence-corrected chi connectivity index (χ0v) is 5.71. The Labute approximate surface area is 46.9 Å². The molecule has 7 heavy (non-hydrogen) atoms. The molecule has 0 N–H and O–H groups in total. The van der Waals surface area contributed by atoms with Crippen LogP contribution in [0.15, 0.2) is 0 Å². The van der Waals surface area contributed by atoms with Gasteiger partial charge in [0, 0.05) is 0 Å². The molecule has 0 spiro atoms. The summed E-state index contributed by atoms with van der Waals surface area (Å²) in [7, 11) is 0. The van der Waals surface area contributed by atoms with Gasteiger partial charge in [-0.3, -0.25) is 0 Å². The average molecular weight is 98.2 g/mol. The second kappa shape index (κ2) is 2.34. The minimum absolute atomic E-state index is 0.333. The Morgan fingerprint density at radius 2 is 1.86 bits per heavy atom. The van der Waals surface area contributed by atoms with E-state index < -0.39 is 0 Å². The molecule has 0 aliphatic heterocycles. The van der Waals surface area contributed by atoms with Crippen molar-refractivity contribution in [3.8, 4) is 0 Å². The van der Waals surface area contributed by atoms with Crippen LogP contribution in [-0.4, -0.2) is 0 Å². The van der Waals surface area contributed by atoms with E-state index in [0.717, 1.165) is 0 Å². The van der Waals surface area contributed by atoms with Gasteiger partial charge in [0.2, 0.25) is 0 Å². The van der Waals surface area contributed by atoms with E-state index in [0.29, 0.717) is 5.41 Å². The molecule has 0 amide bonds. The molecule has 0 nitrogen and oxygen atoms in total. The van der Waals surface area contributed by atoms with E-state index in [2.05, 4.69) is 27.2 Å². The van der Waals surface area contributed by atoms with Crippen molar-refractivity contribution in [2.24, 2.45) is 5.41 Å². The van der Waals surface area contributed by atoms with Gasteiger partial charge in [-0.2, -0.15) is 0 Å². The predicted octanol–water partition coefficient (Wildman–Crippen LogP) is 2.52. The van der Waals surface area contributed by atoms with E-state index in [9.17, 15) is 0 Å². The lowest BCUT2D eigenvalue weighted by Crippen LogP contribution is -2.06. The Balaban J connectivity index is 3.36. The van der Waals surface area contributed by atoms with E-state index >= 15 is 0 Å². The van der Waals surface area contributed by atoms with Gasteiger partial charge in [-0.05, 0) is 11.8 Å². The van der Waals surface area contributed by atoms with Crippen molar-refractivity contribution < 1.29 is 0 Å². The third-order valence-corrected chi connectivity index (χ3v) is 1.56. The van der Waals surface area contributed by atoms with Gasteiger partial charge in [0.1, 0.15) is 0 Å². The fourth-order valence-electron chi connectivity index (χ4n) is 0.177. The Kier molecular flexibility index (Phi) is 2.34. The molecule has 42 valence electrons. The van der Waals surface area contributed by atoms with Crippen LogP contribution in [0.2, 0.25) is 0 Å². The third kappa shape index (κ3) is 2.67. The fraction of sp³-hybridized carbons (Fsp3) is 0.857. The zero-order chi connectivity index (χ0) is 5.91. The molecule has 0 aromatic rings. The van der Waals surface area contributed by atoms with Crippen molar-refractivity contribution in [3.05, 3.63) is 6.42 Å². The smallest absolute Gasteiger partial charge is 0.0146 e. The first kappa shape index (κ1) is 7.00. The summed E-state index contributed by atoms with van der Waals surface area (Å²) in [6, 6.07) is 0. The molecule has 0 aliphatic rings. The van der Waals surface area contributed by atoms with E-state index in [1.807, 2.05) is 6.92 Å². The Morgan fingerprint density at radius 3 is 1.86 bits per heavy atom. The van der Waals surface area contributed by atoms with Gasteiger partial charge in [0.15, 0.2) is 0 Å². The van der Waals surface area contributed by atoms with Crippen LogP contribution in [0.3, 0.4) is 0 Å². The molecular formula is C7H14. The number of hydrogen-bond acceptors (Lipinski definition) is 0. The first-order valence-corrected chi connectivity index (χ1v) is 2.81. The van der Waals surface area contributed by atoms with Gasteiger partial charge >= 0.3 is 0 Å². The van der Waals surface area contributed by atoms with E-state index in [-0.39, 0.29) is 0 Å². The van der Waals surface area contributed by atoms with Crippen LogP contribution in [-0.2, 0) is 0 Å². The summed E-state index contributed by atoms with van der Waals surface area (Å²) in [5.41, 5.74) is 0.333. The molecule has 0 saturated carbocycles. The molecule has 0 atom stereocenters. The summed E-state index contributed by atoms with van der Waals surface area (Å²) in [5, 5.41) is 0. The normalized spacial score (nSPS) is 12.0. The zero-order valence-electron chi connectivity index (χ0n) is 5.71. The topological polar surface area (TPSA) is 0 Å². The summed E-state index contributed by atoms with van der Waals surface area (Å²) in [4.78, 5) is 0. The minimum atomic E-state index is 0.333. The molecular weight excluding hydrogens is 84.1 g/mol. The van der Waals surface area contributed by atoms with Gasteiger partial charge in [-0.15, -0.1) is 0 Å². The van der Waals surface area contributed by atoms with Crippen LogP contribution in [0.4, 0.5) is 0 Å². The van der Waals surface area contributed by atoms with E-state index in [4.69, 9.17) is 0 Å². The summed E-state index contributed by atoms with van der Waals surface area (Å²) in [6.07, 6.45) is 4.38. The highest BCUT2D eigenvalue weighted by Gasteiger charge is 2.10. The lowest BCUT2D eigenvalue weighted by atomic mass is 9.88. The van der Waals surface area contributed by atoms with Crippen LogP contribution in [0.1, 0.15) is 34.1 Å². The maximum atomic E-state index is 3.19. The van der Waals surface area contributed by atoms with Crippen LogP contribution in [0, 0.1) is 11.8 Å². The molecule has 0 unspecified atom stereocenters. The molecule has 0 aromatic carbocycles. The summed E-state index contributed by atoms with van der Waals surface area (Å²) >= 11 is 0.